The van der Waals surface area contributed by atoms with Crippen LogP contribution in [0.4, 0.5) is 10.5 Å². The van der Waals surface area contributed by atoms with Gasteiger partial charge >= 0.3 is 6.09 Å². The summed E-state index contributed by atoms with van der Waals surface area (Å²) in [7, 11) is 0. The van der Waals surface area contributed by atoms with Gasteiger partial charge in [0.1, 0.15) is 5.92 Å². The van der Waals surface area contributed by atoms with Gasteiger partial charge in [0.15, 0.2) is 0 Å². The quantitative estimate of drug-likeness (QED) is 0.814. The summed E-state index contributed by atoms with van der Waals surface area (Å²) in [4.78, 5) is 37.9. The molecule has 3 amide bonds. The molecule has 1 atom stereocenters. The van der Waals surface area contributed by atoms with E-state index in [1.165, 1.54) is 0 Å². The van der Waals surface area contributed by atoms with Gasteiger partial charge in [0, 0.05) is 0 Å². The second-order valence-corrected chi connectivity index (χ2v) is 5.18. The average Bonchev–Trinajstić information content (AvgIpc) is 2.87. The number of hydrazine groups is 1. The Hall–Kier alpha value is -3.15. The highest BCUT2D eigenvalue weighted by molar-refractivity contribution is 6.22. The van der Waals surface area contributed by atoms with Crippen molar-refractivity contribution in [1.29, 1.82) is 0 Å². The first-order valence-electron chi connectivity index (χ1n) is 7.59. The molecule has 1 saturated heterocycles. The van der Waals surface area contributed by atoms with Crippen molar-refractivity contribution >= 4 is 23.6 Å². The molecule has 0 radical (unpaired) electrons. The summed E-state index contributed by atoms with van der Waals surface area (Å²) in [6, 6.07) is 17.2. The standard InChI is InChI=1S/C18H16N2O4/c1-2-24-18(23)20-17(22)15(13-9-5-3-6-10-13)16(21)19(20)14-11-7-4-8-12-14/h3-12,15H,2H2,1H3. The fourth-order valence-electron chi connectivity index (χ4n) is 2.65. The van der Waals surface area contributed by atoms with E-state index < -0.39 is 23.8 Å². The van der Waals surface area contributed by atoms with E-state index in [-0.39, 0.29) is 6.61 Å². The van der Waals surface area contributed by atoms with Gasteiger partial charge in [-0.1, -0.05) is 48.5 Å². The number of amides is 3. The molecule has 0 N–H and O–H groups in total. The molecule has 1 heterocycles. The first-order chi connectivity index (χ1) is 11.6. The summed E-state index contributed by atoms with van der Waals surface area (Å²) >= 11 is 0. The van der Waals surface area contributed by atoms with E-state index in [1.54, 1.807) is 67.6 Å². The maximum Gasteiger partial charge on any atom is 0.436 e. The highest BCUT2D eigenvalue weighted by atomic mass is 16.6. The monoisotopic (exact) mass is 324 g/mol. The maximum atomic E-state index is 12.9. The molecular formula is C18H16N2O4. The van der Waals surface area contributed by atoms with Crippen LogP contribution in [0, 0.1) is 0 Å². The van der Waals surface area contributed by atoms with E-state index in [4.69, 9.17) is 4.74 Å². The van der Waals surface area contributed by atoms with E-state index in [0.717, 1.165) is 10.0 Å². The zero-order chi connectivity index (χ0) is 17.1. The van der Waals surface area contributed by atoms with E-state index in [9.17, 15) is 14.4 Å². The number of imide groups is 1. The molecule has 0 aromatic heterocycles. The van der Waals surface area contributed by atoms with Gasteiger partial charge in [0.25, 0.3) is 11.8 Å². The van der Waals surface area contributed by atoms with Gasteiger partial charge in [-0.3, -0.25) is 9.59 Å². The predicted molar refractivity (Wildman–Crippen MR) is 87.0 cm³/mol. The summed E-state index contributed by atoms with van der Waals surface area (Å²) in [6.07, 6.45) is -0.863. The zero-order valence-electron chi connectivity index (χ0n) is 13.1. The number of carbonyl (C=O) groups is 3. The third kappa shape index (κ3) is 2.62. The van der Waals surface area contributed by atoms with Crippen molar-refractivity contribution in [3.05, 3.63) is 66.2 Å². The van der Waals surface area contributed by atoms with Gasteiger partial charge in [0.05, 0.1) is 12.3 Å². The lowest BCUT2D eigenvalue weighted by atomic mass is 9.98. The molecular weight excluding hydrogens is 308 g/mol. The molecule has 6 nitrogen and oxygen atoms in total. The van der Waals surface area contributed by atoms with Crippen molar-refractivity contribution in [2.75, 3.05) is 11.6 Å². The Morgan fingerprint density at radius 3 is 2.12 bits per heavy atom. The summed E-state index contributed by atoms with van der Waals surface area (Å²) < 4.78 is 4.95. The number of hydrogen-bond donors (Lipinski definition) is 0. The topological polar surface area (TPSA) is 66.9 Å². The SMILES string of the molecule is CCOC(=O)N1C(=O)C(c2ccccc2)C(=O)N1c1ccccc1. The maximum absolute atomic E-state index is 12.9. The molecule has 24 heavy (non-hydrogen) atoms. The highest BCUT2D eigenvalue weighted by Crippen LogP contribution is 2.33. The van der Waals surface area contributed by atoms with Crippen molar-refractivity contribution in [1.82, 2.24) is 5.01 Å². The van der Waals surface area contributed by atoms with E-state index in [2.05, 4.69) is 0 Å². The fourth-order valence-corrected chi connectivity index (χ4v) is 2.65. The molecule has 1 aliphatic heterocycles. The largest absolute Gasteiger partial charge is 0.448 e. The van der Waals surface area contributed by atoms with Gasteiger partial charge in [-0.25, -0.2) is 9.80 Å². The van der Waals surface area contributed by atoms with Crippen LogP contribution in [0.1, 0.15) is 18.4 Å². The molecule has 2 aromatic rings. The van der Waals surface area contributed by atoms with Gasteiger partial charge in [-0.2, -0.15) is 0 Å². The summed E-state index contributed by atoms with van der Waals surface area (Å²) in [5.41, 5.74) is 0.975. The summed E-state index contributed by atoms with van der Waals surface area (Å²) in [5, 5.41) is 1.86. The predicted octanol–water partition coefficient (Wildman–Crippen LogP) is 2.72. The van der Waals surface area contributed by atoms with Crippen LogP contribution in [-0.2, 0) is 14.3 Å². The molecule has 1 fully saturated rings. The molecule has 122 valence electrons. The first kappa shape index (κ1) is 15.7. The molecule has 1 unspecified atom stereocenters. The fraction of sp³-hybridized carbons (Fsp3) is 0.167. The van der Waals surface area contributed by atoms with Crippen molar-refractivity contribution < 1.29 is 19.1 Å². The number of para-hydroxylation sites is 1. The van der Waals surface area contributed by atoms with Gasteiger partial charge in [-0.15, -0.1) is 5.01 Å². The molecule has 0 saturated carbocycles. The Morgan fingerprint density at radius 1 is 0.958 bits per heavy atom. The smallest absolute Gasteiger partial charge is 0.436 e. The van der Waals surface area contributed by atoms with Crippen LogP contribution in [0.2, 0.25) is 0 Å². The minimum atomic E-state index is -1.06. The first-order valence-corrected chi connectivity index (χ1v) is 7.59. The van der Waals surface area contributed by atoms with Crippen LogP contribution in [0.3, 0.4) is 0 Å². The molecule has 3 rings (SSSR count). The number of ether oxygens (including phenoxy) is 1. The molecule has 0 bridgehead atoms. The number of carbonyl (C=O) groups excluding carboxylic acids is 3. The number of hydrogen-bond acceptors (Lipinski definition) is 4. The Labute approximate surface area is 139 Å². The number of nitrogens with zero attached hydrogens (tertiary/aromatic N) is 2. The number of rotatable bonds is 3. The second kappa shape index (κ2) is 6.54. The number of anilines is 1. The van der Waals surface area contributed by atoms with Crippen LogP contribution in [0.15, 0.2) is 60.7 Å². The Kier molecular flexibility index (Phi) is 4.29. The Morgan fingerprint density at radius 2 is 1.54 bits per heavy atom. The normalized spacial score (nSPS) is 17.3. The van der Waals surface area contributed by atoms with Crippen molar-refractivity contribution in [2.24, 2.45) is 0 Å². The van der Waals surface area contributed by atoms with Crippen LogP contribution in [-0.4, -0.2) is 29.5 Å². The molecule has 1 aliphatic rings. The van der Waals surface area contributed by atoms with E-state index in [1.807, 2.05) is 0 Å². The third-order valence-electron chi connectivity index (χ3n) is 3.69. The zero-order valence-corrected chi connectivity index (χ0v) is 13.1. The van der Waals surface area contributed by atoms with Crippen molar-refractivity contribution in [3.8, 4) is 0 Å². The minimum Gasteiger partial charge on any atom is -0.448 e. The highest BCUT2D eigenvalue weighted by Gasteiger charge is 2.50. The van der Waals surface area contributed by atoms with Crippen LogP contribution >= 0.6 is 0 Å². The van der Waals surface area contributed by atoms with Crippen molar-refractivity contribution in [3.63, 3.8) is 0 Å². The van der Waals surface area contributed by atoms with Crippen LogP contribution in [0.25, 0.3) is 0 Å². The minimum absolute atomic E-state index is 0.107. The van der Waals surface area contributed by atoms with Crippen molar-refractivity contribution in [2.45, 2.75) is 12.8 Å². The van der Waals surface area contributed by atoms with Gasteiger partial charge in [0.2, 0.25) is 0 Å². The van der Waals surface area contributed by atoms with Crippen LogP contribution in [0.5, 0.6) is 0 Å². The van der Waals surface area contributed by atoms with E-state index in [0.29, 0.717) is 11.3 Å². The summed E-state index contributed by atoms with van der Waals surface area (Å²) in [5.74, 6) is -2.16. The lowest BCUT2D eigenvalue weighted by molar-refractivity contribution is -0.128. The lowest BCUT2D eigenvalue weighted by Gasteiger charge is -2.24. The molecule has 2 aromatic carbocycles. The molecule has 0 spiro atoms. The number of benzene rings is 2. The average molecular weight is 324 g/mol. The lowest BCUT2D eigenvalue weighted by Crippen LogP contribution is -2.45. The van der Waals surface area contributed by atoms with Gasteiger partial charge in [-0.05, 0) is 24.6 Å². The Balaban J connectivity index is 2.06. The third-order valence-corrected chi connectivity index (χ3v) is 3.69. The van der Waals surface area contributed by atoms with Crippen LogP contribution < -0.4 is 5.01 Å². The summed E-state index contributed by atoms with van der Waals surface area (Å²) in [6.45, 7) is 1.75. The second-order valence-electron chi connectivity index (χ2n) is 5.18. The molecule has 6 heteroatoms. The van der Waals surface area contributed by atoms with Gasteiger partial charge < -0.3 is 4.74 Å². The molecule has 0 aliphatic carbocycles. The van der Waals surface area contributed by atoms with E-state index >= 15 is 0 Å². The Bertz CT molecular complexity index is 761.